The van der Waals surface area contributed by atoms with Crippen molar-refractivity contribution in [1.29, 1.82) is 0 Å². The predicted molar refractivity (Wildman–Crippen MR) is 240 cm³/mol. The number of nitrogens with zero attached hydrogens (tertiary/aromatic N) is 6. The number of amides is 4. The second-order valence-electron chi connectivity index (χ2n) is 18.4. The number of fused-ring (bicyclic) bond motifs is 2. The van der Waals surface area contributed by atoms with Crippen LogP contribution in [0, 0.1) is 37.5 Å². The summed E-state index contributed by atoms with van der Waals surface area (Å²) in [6.07, 6.45) is 0.458. The van der Waals surface area contributed by atoms with Crippen LogP contribution in [-0.4, -0.2) is 117 Å². The number of ether oxygens (including phenoxy) is 2. The standard InChI is InChI=1S/C48H62N8O6/c1-25(2)41(53(9)47(59)61-11)45(57)55-23-27(5)17-39(55)43-49-35-15-13-31(21-37(35)51-43)33-19-30(8)34(20-29(33)7)32-14-16-36-38(22-32)52-44(50-36)40-18-28(6)24-56(40)46(58)42(26(3)4)54(10)48(60)62-12/h13-16,19-22,25-28,39-42H,17-18,23-24H2,1-12H3,(H,49,51)(H,50,52)/t27-,28-,39-,40-,41-,42-/m0/s1. The number of aryl methyl sites for hydroxylation is 2. The van der Waals surface area contributed by atoms with Gasteiger partial charge in [-0.15, -0.1) is 0 Å². The lowest BCUT2D eigenvalue weighted by Gasteiger charge is -2.34. The van der Waals surface area contributed by atoms with E-state index in [1.807, 2.05) is 37.5 Å². The van der Waals surface area contributed by atoms with Gasteiger partial charge in [-0.25, -0.2) is 19.6 Å². The number of aromatic amines is 2. The van der Waals surface area contributed by atoms with Gasteiger partial charge in [0.2, 0.25) is 11.8 Å². The third-order valence-electron chi connectivity index (χ3n) is 12.9. The maximum atomic E-state index is 14.1. The van der Waals surface area contributed by atoms with Gasteiger partial charge in [-0.3, -0.25) is 19.4 Å². The number of methoxy groups -OCH3 is 2. The molecular weight excluding hydrogens is 785 g/mol. The van der Waals surface area contributed by atoms with Crippen LogP contribution in [0.3, 0.4) is 0 Å². The van der Waals surface area contributed by atoms with Crippen LogP contribution < -0.4 is 0 Å². The molecule has 4 heterocycles. The zero-order valence-corrected chi connectivity index (χ0v) is 38.2. The van der Waals surface area contributed by atoms with Crippen LogP contribution in [0.15, 0.2) is 48.5 Å². The quantitative estimate of drug-likeness (QED) is 0.141. The average molecular weight is 847 g/mol. The SMILES string of the molecule is COC(=O)N(C)[C@H](C(=O)N1C[C@@H](C)C[C@H]1c1nc2cc(-c3cc(C)c(-c4ccc5[nH]c([C@@H]6C[C@H](C)CN6C(=O)[C@H](C(C)C)N(C)C(=O)OC)nc5c4)cc3C)ccc2[nH]1)C(C)C. The van der Waals surface area contributed by atoms with Gasteiger partial charge in [0.25, 0.3) is 0 Å². The number of likely N-dealkylation sites (N-methyl/N-ethyl adjacent to an activating group) is 2. The molecule has 2 fully saturated rings. The molecule has 62 heavy (non-hydrogen) atoms. The number of hydrogen-bond donors (Lipinski definition) is 2. The lowest BCUT2D eigenvalue weighted by Crippen LogP contribution is -2.52. The summed E-state index contributed by atoms with van der Waals surface area (Å²) in [5, 5.41) is 0. The molecule has 3 aromatic carbocycles. The zero-order valence-electron chi connectivity index (χ0n) is 38.2. The highest BCUT2D eigenvalue weighted by Gasteiger charge is 2.43. The normalized spacial score (nSPS) is 20.0. The molecule has 0 saturated carbocycles. The summed E-state index contributed by atoms with van der Waals surface area (Å²) in [6, 6.07) is 15.2. The molecule has 14 heteroatoms. The Morgan fingerprint density at radius 2 is 1.02 bits per heavy atom. The summed E-state index contributed by atoms with van der Waals surface area (Å²) < 4.78 is 9.92. The van der Waals surface area contributed by atoms with Crippen molar-refractivity contribution < 1.29 is 28.7 Å². The average Bonchev–Trinajstić information content (AvgIpc) is 4.04. The number of H-pyrrole nitrogens is 2. The van der Waals surface area contributed by atoms with E-state index in [0.29, 0.717) is 13.1 Å². The van der Waals surface area contributed by atoms with Crippen LogP contribution in [0.1, 0.15) is 89.2 Å². The van der Waals surface area contributed by atoms with Gasteiger partial charge in [-0.1, -0.05) is 65.8 Å². The van der Waals surface area contributed by atoms with Crippen LogP contribution >= 0.6 is 0 Å². The van der Waals surface area contributed by atoms with Crippen molar-refractivity contribution in [2.24, 2.45) is 23.7 Å². The highest BCUT2D eigenvalue weighted by molar-refractivity contribution is 5.89. The molecule has 2 aliphatic heterocycles. The van der Waals surface area contributed by atoms with Crippen molar-refractivity contribution in [2.45, 2.75) is 92.4 Å². The molecule has 7 rings (SSSR count). The molecule has 2 aromatic heterocycles. The fraction of sp³-hybridized carbons (Fsp3) is 0.500. The lowest BCUT2D eigenvalue weighted by molar-refractivity contribution is -0.139. The molecule has 0 aliphatic carbocycles. The fourth-order valence-electron chi connectivity index (χ4n) is 9.89. The Hall–Kier alpha value is -5.92. The van der Waals surface area contributed by atoms with E-state index in [0.717, 1.165) is 79.9 Å². The fourth-order valence-corrected chi connectivity index (χ4v) is 9.89. The number of carbonyl (C=O) groups is 4. The van der Waals surface area contributed by atoms with Gasteiger partial charge in [0.15, 0.2) is 0 Å². The maximum absolute atomic E-state index is 14.1. The van der Waals surface area contributed by atoms with Crippen molar-refractivity contribution in [3.8, 4) is 22.3 Å². The number of likely N-dealkylation sites (tertiary alicyclic amines) is 2. The van der Waals surface area contributed by atoms with E-state index in [4.69, 9.17) is 19.4 Å². The first-order chi connectivity index (χ1) is 29.4. The minimum atomic E-state index is -0.658. The molecule has 4 amide bonds. The second-order valence-corrected chi connectivity index (χ2v) is 18.4. The largest absolute Gasteiger partial charge is 0.453 e. The Balaban J connectivity index is 1.13. The Morgan fingerprint density at radius 1 is 0.645 bits per heavy atom. The second kappa shape index (κ2) is 17.5. The van der Waals surface area contributed by atoms with Crippen molar-refractivity contribution >= 4 is 46.1 Å². The third-order valence-corrected chi connectivity index (χ3v) is 12.9. The van der Waals surface area contributed by atoms with Gasteiger partial charge in [0, 0.05) is 27.2 Å². The van der Waals surface area contributed by atoms with Crippen LogP contribution in [0.5, 0.6) is 0 Å². The van der Waals surface area contributed by atoms with E-state index in [2.05, 4.69) is 86.2 Å². The van der Waals surface area contributed by atoms with Gasteiger partial charge in [-0.05, 0) is 108 Å². The number of benzene rings is 3. The molecule has 0 bridgehead atoms. The topological polar surface area (TPSA) is 157 Å². The first kappa shape index (κ1) is 44.1. The Morgan fingerprint density at radius 3 is 1.35 bits per heavy atom. The highest BCUT2D eigenvalue weighted by atomic mass is 16.5. The van der Waals surface area contributed by atoms with Crippen LogP contribution in [0.2, 0.25) is 0 Å². The molecule has 6 atom stereocenters. The van der Waals surface area contributed by atoms with Gasteiger partial charge >= 0.3 is 12.2 Å². The van der Waals surface area contributed by atoms with Crippen molar-refractivity contribution in [2.75, 3.05) is 41.4 Å². The van der Waals surface area contributed by atoms with E-state index in [9.17, 15) is 19.2 Å². The van der Waals surface area contributed by atoms with E-state index in [-0.39, 0.29) is 47.6 Å². The van der Waals surface area contributed by atoms with Gasteiger partial charge in [-0.2, -0.15) is 0 Å². The molecule has 2 aliphatic rings. The number of aromatic nitrogens is 4. The molecule has 2 saturated heterocycles. The summed E-state index contributed by atoms with van der Waals surface area (Å²) in [7, 11) is 5.89. The number of carbonyl (C=O) groups excluding carboxylic acids is 4. The van der Waals surface area contributed by atoms with Crippen molar-refractivity contribution in [3.05, 3.63) is 71.3 Å². The molecule has 5 aromatic rings. The van der Waals surface area contributed by atoms with E-state index in [1.165, 1.54) is 24.0 Å². The van der Waals surface area contributed by atoms with E-state index in [1.54, 1.807) is 14.1 Å². The lowest BCUT2D eigenvalue weighted by atomic mass is 9.91. The first-order valence-electron chi connectivity index (χ1n) is 21.8. The van der Waals surface area contributed by atoms with Crippen molar-refractivity contribution in [1.82, 2.24) is 39.5 Å². The predicted octanol–water partition coefficient (Wildman–Crippen LogP) is 8.65. The molecule has 0 spiro atoms. The summed E-state index contributed by atoms with van der Waals surface area (Å²) in [5.74, 6) is 1.60. The molecule has 2 N–H and O–H groups in total. The van der Waals surface area contributed by atoms with E-state index >= 15 is 0 Å². The minimum Gasteiger partial charge on any atom is -0.453 e. The number of hydrogen-bond acceptors (Lipinski definition) is 8. The third kappa shape index (κ3) is 8.23. The Kier molecular flexibility index (Phi) is 12.4. The molecule has 0 unspecified atom stereocenters. The number of nitrogens with one attached hydrogen (secondary N) is 2. The van der Waals surface area contributed by atoms with E-state index < -0.39 is 24.3 Å². The minimum absolute atomic E-state index is 0.106. The van der Waals surface area contributed by atoms with Gasteiger partial charge in [0.05, 0.1) is 48.4 Å². The highest BCUT2D eigenvalue weighted by Crippen LogP contribution is 2.40. The number of rotatable bonds is 10. The van der Waals surface area contributed by atoms with Crippen molar-refractivity contribution in [3.63, 3.8) is 0 Å². The van der Waals surface area contributed by atoms with Crippen LogP contribution in [-0.2, 0) is 19.1 Å². The summed E-state index contributed by atoms with van der Waals surface area (Å²) in [4.78, 5) is 76.8. The van der Waals surface area contributed by atoms with Gasteiger partial charge < -0.3 is 29.2 Å². The molecule has 330 valence electrons. The zero-order chi connectivity index (χ0) is 44.9. The maximum Gasteiger partial charge on any atom is 0.409 e. The monoisotopic (exact) mass is 846 g/mol. The number of imidazole rings is 2. The Labute approximate surface area is 364 Å². The summed E-state index contributed by atoms with van der Waals surface area (Å²) in [5.41, 5.74) is 9.98. The first-order valence-corrected chi connectivity index (χ1v) is 21.8. The molecule has 14 nitrogen and oxygen atoms in total. The van der Waals surface area contributed by atoms with Gasteiger partial charge in [0.1, 0.15) is 23.7 Å². The van der Waals surface area contributed by atoms with Crippen LogP contribution in [0.25, 0.3) is 44.3 Å². The Bertz CT molecular complexity index is 2340. The molecular formula is C48H62N8O6. The summed E-state index contributed by atoms with van der Waals surface area (Å²) in [6.45, 7) is 17.5. The van der Waals surface area contributed by atoms with Crippen LogP contribution in [0.4, 0.5) is 9.59 Å². The molecule has 0 radical (unpaired) electrons. The smallest absolute Gasteiger partial charge is 0.409 e. The summed E-state index contributed by atoms with van der Waals surface area (Å²) >= 11 is 0.